The quantitative estimate of drug-likeness (QED) is 0.115. The molecular weight excluding hydrogens is 520 g/mol. The summed E-state index contributed by atoms with van der Waals surface area (Å²) in [6.45, 7) is 0.384. The Morgan fingerprint density at radius 3 is 2.28 bits per heavy atom. The molecule has 0 saturated heterocycles. The summed E-state index contributed by atoms with van der Waals surface area (Å²) in [7, 11) is 2.94. The summed E-state index contributed by atoms with van der Waals surface area (Å²) in [5.41, 5.74) is 4.79. The normalized spacial score (nSPS) is 10.6. The van der Waals surface area contributed by atoms with Crippen LogP contribution in [0.3, 0.4) is 0 Å². The van der Waals surface area contributed by atoms with Gasteiger partial charge in [-0.15, -0.1) is 0 Å². The number of esters is 1. The molecule has 0 spiro atoms. The molecule has 0 aliphatic carbocycles. The van der Waals surface area contributed by atoms with Gasteiger partial charge in [-0.25, -0.2) is 10.2 Å². The zero-order chi connectivity index (χ0) is 27.6. The van der Waals surface area contributed by atoms with Crippen molar-refractivity contribution in [3.8, 4) is 23.0 Å². The van der Waals surface area contributed by atoms with E-state index in [2.05, 4.69) is 10.5 Å². The highest BCUT2D eigenvalue weighted by Gasteiger charge is 2.16. The van der Waals surface area contributed by atoms with Crippen molar-refractivity contribution in [1.29, 1.82) is 0 Å². The molecule has 0 aliphatic rings. The van der Waals surface area contributed by atoms with Crippen LogP contribution in [0.4, 0.5) is 0 Å². The Bertz CT molecular complexity index is 1470. The summed E-state index contributed by atoms with van der Waals surface area (Å²) in [6.07, 6.45) is 1.45. The minimum Gasteiger partial charge on any atom is -0.496 e. The number of hydrogen-bond donors (Lipinski definition) is 1. The third-order valence-electron chi connectivity index (χ3n) is 5.53. The fraction of sp³-hybridized carbons (Fsp3) is 0.100. The van der Waals surface area contributed by atoms with Gasteiger partial charge in [0.2, 0.25) is 0 Å². The third-order valence-corrected chi connectivity index (χ3v) is 5.78. The van der Waals surface area contributed by atoms with Crippen LogP contribution < -0.4 is 24.4 Å². The van der Waals surface area contributed by atoms with Gasteiger partial charge >= 0.3 is 5.97 Å². The van der Waals surface area contributed by atoms with E-state index in [-0.39, 0.29) is 17.2 Å². The standard InChI is InChI=1S/C30H25ClN2O6/c1-36-26-6-4-3-5-25(26)30(35)39-27-16-9-21(17-28(27)37-2)18-32-33-29(34)22-10-14-24(15-11-22)38-19-20-7-12-23(31)13-8-20/h3-18H,19H2,1-2H3,(H,33,34). The molecule has 4 aromatic carbocycles. The van der Waals surface area contributed by atoms with Crippen LogP contribution >= 0.6 is 11.6 Å². The number of nitrogens with one attached hydrogen (secondary N) is 1. The zero-order valence-corrected chi connectivity index (χ0v) is 22.0. The lowest BCUT2D eigenvalue weighted by atomic mass is 10.2. The average molecular weight is 545 g/mol. The number of methoxy groups -OCH3 is 2. The molecule has 1 N–H and O–H groups in total. The lowest BCUT2D eigenvalue weighted by Gasteiger charge is -2.11. The van der Waals surface area contributed by atoms with Crippen LogP contribution in [-0.2, 0) is 6.61 Å². The highest BCUT2D eigenvalue weighted by Crippen LogP contribution is 2.29. The largest absolute Gasteiger partial charge is 0.496 e. The van der Waals surface area contributed by atoms with Crippen LogP contribution in [0.15, 0.2) is 96.1 Å². The number of ether oxygens (including phenoxy) is 4. The number of carbonyl (C=O) groups excluding carboxylic acids is 2. The van der Waals surface area contributed by atoms with E-state index in [0.717, 1.165) is 5.56 Å². The first kappa shape index (κ1) is 27.2. The van der Waals surface area contributed by atoms with Crippen molar-refractivity contribution in [2.45, 2.75) is 6.61 Å². The van der Waals surface area contributed by atoms with E-state index in [1.54, 1.807) is 78.9 Å². The van der Waals surface area contributed by atoms with E-state index in [9.17, 15) is 9.59 Å². The third kappa shape index (κ3) is 7.37. The van der Waals surface area contributed by atoms with Gasteiger partial charge in [0.05, 0.1) is 20.4 Å². The molecule has 0 saturated carbocycles. The van der Waals surface area contributed by atoms with Crippen molar-refractivity contribution < 1.29 is 28.5 Å². The molecule has 198 valence electrons. The monoisotopic (exact) mass is 544 g/mol. The Hall–Kier alpha value is -4.82. The van der Waals surface area contributed by atoms with Crippen LogP contribution in [0.25, 0.3) is 0 Å². The Kier molecular flexibility index (Phi) is 9.16. The number of hydrazone groups is 1. The molecule has 0 unspecified atom stereocenters. The number of amides is 1. The van der Waals surface area contributed by atoms with E-state index in [0.29, 0.717) is 40.0 Å². The Labute approximate surface area is 230 Å². The maximum absolute atomic E-state index is 12.6. The van der Waals surface area contributed by atoms with Crippen LogP contribution in [0.5, 0.6) is 23.0 Å². The first-order valence-electron chi connectivity index (χ1n) is 11.8. The van der Waals surface area contributed by atoms with Gasteiger partial charge in [-0.3, -0.25) is 4.79 Å². The molecule has 39 heavy (non-hydrogen) atoms. The van der Waals surface area contributed by atoms with E-state index in [1.165, 1.54) is 20.4 Å². The topological polar surface area (TPSA) is 95.5 Å². The van der Waals surface area contributed by atoms with Crippen molar-refractivity contribution in [2.75, 3.05) is 14.2 Å². The summed E-state index contributed by atoms with van der Waals surface area (Å²) in [5, 5.41) is 4.68. The van der Waals surface area contributed by atoms with E-state index >= 15 is 0 Å². The molecule has 9 heteroatoms. The van der Waals surface area contributed by atoms with Crippen LogP contribution in [0, 0.1) is 0 Å². The van der Waals surface area contributed by atoms with Crippen molar-refractivity contribution in [2.24, 2.45) is 5.10 Å². The first-order chi connectivity index (χ1) is 19.0. The summed E-state index contributed by atoms with van der Waals surface area (Å²) in [4.78, 5) is 25.1. The van der Waals surface area contributed by atoms with Gasteiger partial charge in [-0.1, -0.05) is 35.9 Å². The minimum absolute atomic E-state index is 0.230. The Morgan fingerprint density at radius 2 is 1.56 bits per heavy atom. The molecule has 0 heterocycles. The van der Waals surface area contributed by atoms with Gasteiger partial charge < -0.3 is 18.9 Å². The lowest BCUT2D eigenvalue weighted by Crippen LogP contribution is -2.17. The highest BCUT2D eigenvalue weighted by atomic mass is 35.5. The fourth-order valence-electron chi connectivity index (χ4n) is 3.50. The summed E-state index contributed by atoms with van der Waals surface area (Å²) in [5.74, 6) is 0.617. The van der Waals surface area contributed by atoms with Crippen molar-refractivity contribution >= 4 is 29.7 Å². The summed E-state index contributed by atoms with van der Waals surface area (Å²) >= 11 is 5.90. The van der Waals surface area contributed by atoms with E-state index in [1.807, 2.05) is 12.1 Å². The van der Waals surface area contributed by atoms with E-state index < -0.39 is 5.97 Å². The number of nitrogens with zero attached hydrogens (tertiary/aromatic N) is 1. The van der Waals surface area contributed by atoms with Gasteiger partial charge in [0.25, 0.3) is 5.91 Å². The first-order valence-corrected chi connectivity index (χ1v) is 12.2. The summed E-state index contributed by atoms with van der Waals surface area (Å²) < 4.78 is 21.8. The van der Waals surface area contributed by atoms with Gasteiger partial charge in [0, 0.05) is 10.6 Å². The van der Waals surface area contributed by atoms with Crippen LogP contribution in [0.2, 0.25) is 5.02 Å². The molecule has 0 atom stereocenters. The Morgan fingerprint density at radius 1 is 0.846 bits per heavy atom. The molecular formula is C30H25ClN2O6. The molecule has 0 radical (unpaired) electrons. The molecule has 4 rings (SSSR count). The molecule has 4 aromatic rings. The Balaban J connectivity index is 1.33. The maximum atomic E-state index is 12.6. The number of para-hydroxylation sites is 1. The van der Waals surface area contributed by atoms with Gasteiger partial charge in [0.1, 0.15) is 23.7 Å². The molecule has 0 aliphatic heterocycles. The number of benzene rings is 4. The highest BCUT2D eigenvalue weighted by molar-refractivity contribution is 6.30. The predicted octanol–water partition coefficient (Wildman–Crippen LogP) is 5.92. The van der Waals surface area contributed by atoms with Crippen molar-refractivity contribution in [1.82, 2.24) is 5.43 Å². The van der Waals surface area contributed by atoms with E-state index in [4.69, 9.17) is 30.5 Å². The van der Waals surface area contributed by atoms with Gasteiger partial charge in [-0.2, -0.15) is 5.10 Å². The zero-order valence-electron chi connectivity index (χ0n) is 21.2. The molecule has 1 amide bonds. The molecule has 0 bridgehead atoms. The molecule has 8 nitrogen and oxygen atoms in total. The van der Waals surface area contributed by atoms with Crippen LogP contribution in [-0.4, -0.2) is 32.3 Å². The average Bonchev–Trinajstić information content (AvgIpc) is 2.97. The van der Waals surface area contributed by atoms with Gasteiger partial charge in [0.15, 0.2) is 11.5 Å². The van der Waals surface area contributed by atoms with Crippen molar-refractivity contribution in [3.63, 3.8) is 0 Å². The number of carbonyl (C=O) groups is 2. The SMILES string of the molecule is COc1cc(C=NNC(=O)c2ccc(OCc3ccc(Cl)cc3)cc2)ccc1OC(=O)c1ccccc1OC. The fourth-order valence-corrected chi connectivity index (χ4v) is 3.62. The number of rotatable bonds is 10. The second-order valence-corrected chi connectivity index (χ2v) is 8.58. The second kappa shape index (κ2) is 13.1. The minimum atomic E-state index is -0.583. The smallest absolute Gasteiger partial charge is 0.347 e. The van der Waals surface area contributed by atoms with Crippen molar-refractivity contribution in [3.05, 3.63) is 118 Å². The number of halogens is 1. The number of hydrogen-bond acceptors (Lipinski definition) is 7. The van der Waals surface area contributed by atoms with Gasteiger partial charge in [-0.05, 0) is 77.9 Å². The second-order valence-electron chi connectivity index (χ2n) is 8.14. The molecule has 0 aromatic heterocycles. The predicted molar refractivity (Wildman–Crippen MR) is 148 cm³/mol. The molecule has 0 fully saturated rings. The lowest BCUT2D eigenvalue weighted by molar-refractivity contribution is 0.0726. The maximum Gasteiger partial charge on any atom is 0.347 e. The van der Waals surface area contributed by atoms with Crippen LogP contribution in [0.1, 0.15) is 31.8 Å². The summed E-state index contributed by atoms with van der Waals surface area (Å²) in [6, 6.07) is 25.8.